The molecule has 2 aliphatic rings. The molecule has 2 heterocycles. The first-order chi connectivity index (χ1) is 13.2. The Morgan fingerprint density at radius 1 is 1.21 bits per heavy atom. The van der Waals surface area contributed by atoms with Crippen LogP contribution in [0.1, 0.15) is 59.3 Å². The molecule has 0 bridgehead atoms. The van der Waals surface area contributed by atoms with Crippen LogP contribution in [0, 0.1) is 10.8 Å². The van der Waals surface area contributed by atoms with Crippen molar-refractivity contribution in [1.82, 2.24) is 10.3 Å². The van der Waals surface area contributed by atoms with Gasteiger partial charge in [0, 0.05) is 29.6 Å². The van der Waals surface area contributed by atoms with Gasteiger partial charge in [0.25, 0.3) is 6.01 Å². The largest absolute Gasteiger partial charge is 0.423 e. The number of halogens is 1. The second-order valence-electron chi connectivity index (χ2n) is 9.59. The summed E-state index contributed by atoms with van der Waals surface area (Å²) < 4.78 is 5.94. The zero-order valence-electron chi connectivity index (χ0n) is 17.1. The van der Waals surface area contributed by atoms with Crippen molar-refractivity contribution in [2.75, 3.05) is 18.0 Å². The Balaban J connectivity index is 1.33. The topological polar surface area (TPSA) is 58.4 Å². The molecule has 5 nitrogen and oxygen atoms in total. The molecule has 1 aliphatic heterocycles. The Kier molecular flexibility index (Phi) is 5.07. The maximum Gasteiger partial charge on any atom is 0.298 e. The van der Waals surface area contributed by atoms with Gasteiger partial charge in [0.15, 0.2) is 5.58 Å². The average Bonchev–Trinajstić information content (AvgIpc) is 3.06. The minimum Gasteiger partial charge on any atom is -0.423 e. The third kappa shape index (κ3) is 4.00. The van der Waals surface area contributed by atoms with E-state index >= 15 is 0 Å². The third-order valence-corrected chi connectivity index (χ3v) is 6.73. The summed E-state index contributed by atoms with van der Waals surface area (Å²) in [5, 5.41) is 3.93. The quantitative estimate of drug-likeness (QED) is 0.751. The molecule has 0 unspecified atom stereocenters. The number of aromatic nitrogens is 1. The molecule has 1 aliphatic carbocycles. The first-order valence-corrected chi connectivity index (χ1v) is 10.7. The van der Waals surface area contributed by atoms with Gasteiger partial charge in [-0.2, -0.15) is 4.98 Å². The maximum absolute atomic E-state index is 12.3. The van der Waals surface area contributed by atoms with E-state index in [0.717, 1.165) is 49.9 Å². The van der Waals surface area contributed by atoms with E-state index in [4.69, 9.17) is 16.0 Å². The van der Waals surface area contributed by atoms with Gasteiger partial charge in [-0.05, 0) is 62.1 Å². The average molecular weight is 404 g/mol. The molecule has 1 amide bonds. The van der Waals surface area contributed by atoms with Crippen molar-refractivity contribution in [2.24, 2.45) is 10.8 Å². The van der Waals surface area contributed by atoms with Crippen LogP contribution in [0.3, 0.4) is 0 Å². The summed E-state index contributed by atoms with van der Waals surface area (Å²) in [7, 11) is 0. The number of hydrogen-bond acceptors (Lipinski definition) is 4. The first-order valence-electron chi connectivity index (χ1n) is 10.4. The van der Waals surface area contributed by atoms with Crippen LogP contribution < -0.4 is 10.2 Å². The normalized spacial score (nSPS) is 20.6. The number of carbonyl (C=O) groups excluding carboxylic acids is 1. The number of nitrogens with one attached hydrogen (secondary N) is 1. The van der Waals surface area contributed by atoms with Gasteiger partial charge in [0.2, 0.25) is 5.91 Å². The number of benzene rings is 1. The fraction of sp³-hybridized carbons (Fsp3) is 0.636. The molecule has 0 atom stereocenters. The van der Waals surface area contributed by atoms with E-state index in [-0.39, 0.29) is 11.3 Å². The van der Waals surface area contributed by atoms with Crippen LogP contribution in [0.2, 0.25) is 5.02 Å². The van der Waals surface area contributed by atoms with Gasteiger partial charge in [-0.1, -0.05) is 32.4 Å². The standard InChI is InChI=1S/C22H30ClN3O2/c1-21(2,3)19(27)24-16-6-8-22(9-7-16)10-12-26(13-11-22)20-25-17-14-15(23)4-5-18(17)28-20/h4-5,14,16H,6-13H2,1-3H3,(H,24,27). The molecule has 0 radical (unpaired) electrons. The van der Waals surface area contributed by atoms with Crippen molar-refractivity contribution >= 4 is 34.6 Å². The SMILES string of the molecule is CC(C)(C)C(=O)NC1CCC2(CC1)CCN(c1nc3cc(Cl)ccc3o1)CC2. The summed E-state index contributed by atoms with van der Waals surface area (Å²) in [5.74, 6) is 0.166. The lowest BCUT2D eigenvalue weighted by Gasteiger charge is -2.46. The van der Waals surface area contributed by atoms with E-state index in [0.29, 0.717) is 22.5 Å². The molecule has 4 rings (SSSR count). The second kappa shape index (κ2) is 7.25. The highest BCUT2D eigenvalue weighted by Crippen LogP contribution is 2.45. The molecule has 152 valence electrons. The molecule has 1 aromatic heterocycles. The number of anilines is 1. The summed E-state index contributed by atoms with van der Waals surface area (Å²) in [5.41, 5.74) is 1.70. The molecular formula is C22H30ClN3O2. The highest BCUT2D eigenvalue weighted by Gasteiger charge is 2.39. The van der Waals surface area contributed by atoms with Gasteiger partial charge in [-0.3, -0.25) is 4.79 Å². The fourth-order valence-electron chi connectivity index (χ4n) is 4.47. The van der Waals surface area contributed by atoms with Crippen LogP contribution in [0.25, 0.3) is 11.1 Å². The number of nitrogens with zero attached hydrogens (tertiary/aromatic N) is 2. The van der Waals surface area contributed by atoms with Crippen LogP contribution in [-0.2, 0) is 4.79 Å². The van der Waals surface area contributed by atoms with E-state index in [9.17, 15) is 4.79 Å². The highest BCUT2D eigenvalue weighted by atomic mass is 35.5. The van der Waals surface area contributed by atoms with E-state index < -0.39 is 0 Å². The first kappa shape index (κ1) is 19.6. The van der Waals surface area contributed by atoms with Crippen LogP contribution in [0.4, 0.5) is 6.01 Å². The lowest BCUT2D eigenvalue weighted by Crippen LogP contribution is -2.47. The number of oxazole rings is 1. The molecule has 6 heteroatoms. The van der Waals surface area contributed by atoms with Crippen LogP contribution >= 0.6 is 11.6 Å². The number of fused-ring (bicyclic) bond motifs is 1. The van der Waals surface area contributed by atoms with Crippen molar-refractivity contribution in [3.8, 4) is 0 Å². The lowest BCUT2D eigenvalue weighted by molar-refractivity contribution is -0.129. The summed E-state index contributed by atoms with van der Waals surface area (Å²) in [6.07, 6.45) is 6.88. The second-order valence-corrected chi connectivity index (χ2v) is 10.0. The van der Waals surface area contributed by atoms with E-state index in [1.165, 1.54) is 12.8 Å². The Labute approximate surface area is 171 Å². The van der Waals surface area contributed by atoms with Crippen molar-refractivity contribution in [2.45, 2.75) is 65.3 Å². The van der Waals surface area contributed by atoms with Gasteiger partial charge in [0.05, 0.1) is 0 Å². The van der Waals surface area contributed by atoms with Gasteiger partial charge in [0.1, 0.15) is 5.52 Å². The smallest absolute Gasteiger partial charge is 0.298 e. The zero-order valence-corrected chi connectivity index (χ0v) is 17.8. The van der Waals surface area contributed by atoms with Gasteiger partial charge in [-0.25, -0.2) is 0 Å². The minimum absolute atomic E-state index is 0.166. The predicted molar refractivity (Wildman–Crippen MR) is 113 cm³/mol. The third-order valence-electron chi connectivity index (χ3n) is 6.50. The summed E-state index contributed by atoms with van der Waals surface area (Å²) in [6.45, 7) is 7.87. The van der Waals surface area contributed by atoms with E-state index in [2.05, 4.69) is 15.2 Å². The molecule has 1 N–H and O–H groups in total. The van der Waals surface area contributed by atoms with Crippen molar-refractivity contribution in [3.63, 3.8) is 0 Å². The monoisotopic (exact) mass is 403 g/mol. The van der Waals surface area contributed by atoms with Crippen LogP contribution in [0.15, 0.2) is 22.6 Å². The fourth-order valence-corrected chi connectivity index (χ4v) is 4.64. The zero-order chi connectivity index (χ0) is 19.9. The van der Waals surface area contributed by atoms with Crippen molar-refractivity contribution in [3.05, 3.63) is 23.2 Å². The Morgan fingerprint density at radius 2 is 1.89 bits per heavy atom. The summed E-state index contributed by atoms with van der Waals surface area (Å²) in [4.78, 5) is 19.1. The lowest BCUT2D eigenvalue weighted by atomic mass is 9.67. The van der Waals surface area contributed by atoms with Crippen molar-refractivity contribution < 1.29 is 9.21 Å². The number of rotatable bonds is 2. The molecule has 1 saturated heterocycles. The molecule has 1 aromatic carbocycles. The van der Waals surface area contributed by atoms with E-state index in [1.807, 2.05) is 39.0 Å². The molecule has 28 heavy (non-hydrogen) atoms. The van der Waals surface area contributed by atoms with Crippen molar-refractivity contribution in [1.29, 1.82) is 0 Å². The molecule has 2 fully saturated rings. The van der Waals surface area contributed by atoms with Crippen LogP contribution in [-0.4, -0.2) is 30.0 Å². The van der Waals surface area contributed by atoms with E-state index in [1.54, 1.807) is 0 Å². The Morgan fingerprint density at radius 3 is 2.54 bits per heavy atom. The minimum atomic E-state index is -0.315. The highest BCUT2D eigenvalue weighted by molar-refractivity contribution is 6.31. The Bertz CT molecular complexity index is 852. The van der Waals surface area contributed by atoms with Gasteiger partial charge < -0.3 is 14.6 Å². The predicted octanol–water partition coefficient (Wildman–Crippen LogP) is 5.17. The van der Waals surface area contributed by atoms with Crippen LogP contribution in [0.5, 0.6) is 0 Å². The summed E-state index contributed by atoms with van der Waals surface area (Å²) >= 11 is 6.06. The summed E-state index contributed by atoms with van der Waals surface area (Å²) in [6, 6.07) is 6.60. The number of hydrogen-bond donors (Lipinski definition) is 1. The Hall–Kier alpha value is -1.75. The van der Waals surface area contributed by atoms with Gasteiger partial charge in [-0.15, -0.1) is 0 Å². The van der Waals surface area contributed by atoms with Gasteiger partial charge >= 0.3 is 0 Å². The number of amides is 1. The molecule has 2 aromatic rings. The number of piperidine rings is 1. The molecule has 1 saturated carbocycles. The maximum atomic E-state index is 12.3. The number of carbonyl (C=O) groups is 1. The molecule has 1 spiro atoms. The molecular weight excluding hydrogens is 374 g/mol.